The van der Waals surface area contributed by atoms with E-state index >= 15 is 0 Å². The number of ether oxygens (including phenoxy) is 1. The number of carbonyl (C=O) groups is 2. The molecule has 2 rings (SSSR count). The van der Waals surface area contributed by atoms with Crippen molar-refractivity contribution >= 4 is 11.9 Å². The lowest BCUT2D eigenvalue weighted by Crippen LogP contribution is -2.43. The molecule has 0 unspecified atom stereocenters. The molecule has 0 radical (unpaired) electrons. The number of piperazine rings is 1. The van der Waals surface area contributed by atoms with Crippen molar-refractivity contribution in [3.05, 3.63) is 29.3 Å². The third-order valence-electron chi connectivity index (χ3n) is 3.92. The molecule has 0 spiro atoms. The molecule has 0 atom stereocenters. The van der Waals surface area contributed by atoms with Gasteiger partial charge in [-0.3, -0.25) is 0 Å². The van der Waals surface area contributed by atoms with Gasteiger partial charge in [0, 0.05) is 26.2 Å². The number of unbranched alkanes of at least 4 members (excludes halogenated alkanes) is 1. The Morgan fingerprint density at radius 1 is 1.08 bits per heavy atom. The van der Waals surface area contributed by atoms with Crippen LogP contribution in [0, 0.1) is 13.8 Å². The van der Waals surface area contributed by atoms with Crippen LogP contribution in [0.3, 0.4) is 0 Å². The molecule has 7 heteroatoms. The second kappa shape index (κ2) is 11.4. The predicted octanol–water partition coefficient (Wildman–Crippen LogP) is 1.52. The van der Waals surface area contributed by atoms with Crippen molar-refractivity contribution in [1.82, 2.24) is 10.2 Å². The molecule has 0 amide bonds. The zero-order chi connectivity index (χ0) is 18.7. The molecule has 0 aliphatic carbocycles. The molecule has 0 aromatic heterocycles. The standard InChI is InChI=1S/C16H26N2O.C2H2O4/c1-14-6-5-7-15(2)16(14)19-13-4-3-10-18-11-8-17-9-12-18;3-1(4)2(5)6/h5-7,17H,3-4,8-13H2,1-2H3;(H,3,4)(H,5,6). The number of hydrogen-bond acceptors (Lipinski definition) is 5. The summed E-state index contributed by atoms with van der Waals surface area (Å²) in [5.41, 5.74) is 2.48. The number of benzene rings is 1. The van der Waals surface area contributed by atoms with Gasteiger partial charge in [-0.1, -0.05) is 18.2 Å². The van der Waals surface area contributed by atoms with Gasteiger partial charge in [0.25, 0.3) is 0 Å². The fraction of sp³-hybridized carbons (Fsp3) is 0.556. The summed E-state index contributed by atoms with van der Waals surface area (Å²) in [6.45, 7) is 10.9. The van der Waals surface area contributed by atoms with E-state index in [1.807, 2.05) is 0 Å². The Bertz CT molecular complexity index is 524. The number of aliphatic carboxylic acids is 2. The van der Waals surface area contributed by atoms with E-state index in [1.54, 1.807) is 0 Å². The van der Waals surface area contributed by atoms with E-state index in [0.717, 1.165) is 31.9 Å². The van der Waals surface area contributed by atoms with Gasteiger partial charge < -0.3 is 25.2 Å². The fourth-order valence-corrected chi connectivity index (χ4v) is 2.57. The van der Waals surface area contributed by atoms with Gasteiger partial charge in [0.2, 0.25) is 0 Å². The quantitative estimate of drug-likeness (QED) is 0.527. The van der Waals surface area contributed by atoms with E-state index in [2.05, 4.69) is 42.3 Å². The Morgan fingerprint density at radius 3 is 2.16 bits per heavy atom. The number of rotatable bonds is 6. The number of carboxylic acids is 2. The first-order chi connectivity index (χ1) is 11.9. The average Bonchev–Trinajstić information content (AvgIpc) is 2.58. The van der Waals surface area contributed by atoms with Crippen molar-refractivity contribution in [3.8, 4) is 5.75 Å². The van der Waals surface area contributed by atoms with Crippen LogP contribution in [0.15, 0.2) is 18.2 Å². The monoisotopic (exact) mass is 352 g/mol. The van der Waals surface area contributed by atoms with Gasteiger partial charge >= 0.3 is 11.9 Å². The summed E-state index contributed by atoms with van der Waals surface area (Å²) in [7, 11) is 0. The van der Waals surface area contributed by atoms with Gasteiger partial charge in [-0.15, -0.1) is 0 Å². The highest BCUT2D eigenvalue weighted by atomic mass is 16.5. The summed E-state index contributed by atoms with van der Waals surface area (Å²) in [5, 5.41) is 18.2. The maximum Gasteiger partial charge on any atom is 0.414 e. The SMILES string of the molecule is Cc1cccc(C)c1OCCCCN1CCNCC1.O=C(O)C(=O)O. The van der Waals surface area contributed by atoms with E-state index in [-0.39, 0.29) is 0 Å². The van der Waals surface area contributed by atoms with Crippen LogP contribution in [0.5, 0.6) is 5.75 Å². The van der Waals surface area contributed by atoms with Crippen LogP contribution in [0.2, 0.25) is 0 Å². The lowest BCUT2D eigenvalue weighted by molar-refractivity contribution is -0.159. The minimum Gasteiger partial charge on any atom is -0.493 e. The first-order valence-corrected chi connectivity index (χ1v) is 8.50. The average molecular weight is 352 g/mol. The third-order valence-corrected chi connectivity index (χ3v) is 3.92. The number of carboxylic acid groups (broad SMARTS) is 2. The Kier molecular flexibility index (Phi) is 9.57. The molecule has 25 heavy (non-hydrogen) atoms. The molecule has 3 N–H and O–H groups in total. The molecule has 7 nitrogen and oxygen atoms in total. The van der Waals surface area contributed by atoms with E-state index in [9.17, 15) is 0 Å². The minimum atomic E-state index is -1.82. The Morgan fingerprint density at radius 2 is 1.64 bits per heavy atom. The second-order valence-electron chi connectivity index (χ2n) is 5.98. The Hall–Kier alpha value is -2.12. The lowest BCUT2D eigenvalue weighted by Gasteiger charge is -2.27. The van der Waals surface area contributed by atoms with Gasteiger partial charge in [-0.05, 0) is 44.4 Å². The summed E-state index contributed by atoms with van der Waals surface area (Å²) in [5.74, 6) is -2.57. The van der Waals surface area contributed by atoms with E-state index in [0.29, 0.717) is 0 Å². The first-order valence-electron chi connectivity index (χ1n) is 8.50. The number of nitrogens with one attached hydrogen (secondary N) is 1. The van der Waals surface area contributed by atoms with Crippen molar-refractivity contribution in [2.45, 2.75) is 26.7 Å². The summed E-state index contributed by atoms with van der Waals surface area (Å²) in [4.78, 5) is 20.7. The van der Waals surface area contributed by atoms with E-state index in [1.165, 1.54) is 37.2 Å². The molecule has 1 fully saturated rings. The van der Waals surface area contributed by atoms with Crippen molar-refractivity contribution in [2.24, 2.45) is 0 Å². The van der Waals surface area contributed by atoms with Crippen molar-refractivity contribution in [3.63, 3.8) is 0 Å². The molecule has 1 aromatic carbocycles. The molecule has 1 aliphatic heterocycles. The van der Waals surface area contributed by atoms with E-state index < -0.39 is 11.9 Å². The van der Waals surface area contributed by atoms with Crippen LogP contribution in [0.25, 0.3) is 0 Å². The molecule has 1 aromatic rings. The number of nitrogens with zero attached hydrogens (tertiary/aromatic N) is 1. The van der Waals surface area contributed by atoms with Crippen LogP contribution in [-0.2, 0) is 9.59 Å². The van der Waals surface area contributed by atoms with Crippen LogP contribution in [-0.4, -0.2) is 66.4 Å². The van der Waals surface area contributed by atoms with Crippen LogP contribution in [0.1, 0.15) is 24.0 Å². The smallest absolute Gasteiger partial charge is 0.414 e. The molecule has 0 saturated carbocycles. The molecule has 1 aliphatic rings. The minimum absolute atomic E-state index is 0.831. The lowest BCUT2D eigenvalue weighted by atomic mass is 10.1. The third kappa shape index (κ3) is 8.51. The van der Waals surface area contributed by atoms with Gasteiger partial charge in [-0.2, -0.15) is 0 Å². The van der Waals surface area contributed by atoms with Gasteiger partial charge in [-0.25, -0.2) is 9.59 Å². The highest BCUT2D eigenvalue weighted by Gasteiger charge is 2.08. The van der Waals surface area contributed by atoms with Crippen molar-refractivity contribution < 1.29 is 24.5 Å². The van der Waals surface area contributed by atoms with Crippen LogP contribution in [0.4, 0.5) is 0 Å². The summed E-state index contributed by atoms with van der Waals surface area (Å²) < 4.78 is 5.93. The second-order valence-corrected chi connectivity index (χ2v) is 5.98. The topological polar surface area (TPSA) is 99.1 Å². The van der Waals surface area contributed by atoms with Crippen LogP contribution >= 0.6 is 0 Å². The number of hydrogen-bond donors (Lipinski definition) is 3. The van der Waals surface area contributed by atoms with Gasteiger partial charge in [0.15, 0.2) is 0 Å². The van der Waals surface area contributed by atoms with Gasteiger partial charge in [0.05, 0.1) is 6.61 Å². The molecule has 1 saturated heterocycles. The largest absolute Gasteiger partial charge is 0.493 e. The molecule has 0 bridgehead atoms. The number of aryl methyl sites for hydroxylation is 2. The molecule has 140 valence electrons. The Balaban J connectivity index is 0.000000450. The predicted molar refractivity (Wildman–Crippen MR) is 95.2 cm³/mol. The molecule has 1 heterocycles. The maximum atomic E-state index is 9.10. The summed E-state index contributed by atoms with van der Waals surface area (Å²) in [6, 6.07) is 6.31. The van der Waals surface area contributed by atoms with Crippen LogP contribution < -0.4 is 10.1 Å². The van der Waals surface area contributed by atoms with Crippen molar-refractivity contribution in [1.29, 1.82) is 0 Å². The van der Waals surface area contributed by atoms with E-state index in [4.69, 9.17) is 24.5 Å². The van der Waals surface area contributed by atoms with Gasteiger partial charge in [0.1, 0.15) is 5.75 Å². The normalized spacial score (nSPS) is 14.3. The maximum absolute atomic E-state index is 9.10. The number of para-hydroxylation sites is 1. The fourth-order valence-electron chi connectivity index (χ4n) is 2.57. The highest BCUT2D eigenvalue weighted by Crippen LogP contribution is 2.22. The highest BCUT2D eigenvalue weighted by molar-refractivity contribution is 6.27. The van der Waals surface area contributed by atoms with Crippen molar-refractivity contribution in [2.75, 3.05) is 39.3 Å². The summed E-state index contributed by atoms with van der Waals surface area (Å²) in [6.07, 6.45) is 2.36. The summed E-state index contributed by atoms with van der Waals surface area (Å²) >= 11 is 0. The zero-order valence-corrected chi connectivity index (χ0v) is 15.0. The zero-order valence-electron chi connectivity index (χ0n) is 15.0. The molecular formula is C18H28N2O5. The Labute approximate surface area is 148 Å². The first kappa shape index (κ1) is 20.9. The molecular weight excluding hydrogens is 324 g/mol.